The highest BCUT2D eigenvalue weighted by Gasteiger charge is 2.12. The molecule has 4 nitrogen and oxygen atoms in total. The Morgan fingerprint density at radius 2 is 0.857 bits per heavy atom. The lowest BCUT2D eigenvalue weighted by Gasteiger charge is -2.17. The molecular formula is C23H50NO3P. The largest absolute Gasteiger partial charge is 0.332 e. The van der Waals surface area contributed by atoms with Crippen molar-refractivity contribution in [3.8, 4) is 0 Å². The van der Waals surface area contributed by atoms with Crippen LogP contribution in [-0.2, 0) is 13.6 Å². The smallest absolute Gasteiger partial charge is 0.312 e. The van der Waals surface area contributed by atoms with Crippen LogP contribution in [0.1, 0.15) is 110 Å². The molecule has 28 heavy (non-hydrogen) atoms. The summed E-state index contributed by atoms with van der Waals surface area (Å²) in [5.74, 6) is 0. The lowest BCUT2D eigenvalue weighted by atomic mass is 10.1. The Kier molecular flexibility index (Phi) is 23.8. The van der Waals surface area contributed by atoms with Crippen molar-refractivity contribution in [3.63, 3.8) is 0 Å². The van der Waals surface area contributed by atoms with E-state index < -0.39 is 8.60 Å². The average Bonchev–Trinajstić information content (AvgIpc) is 2.68. The van der Waals surface area contributed by atoms with Gasteiger partial charge in [-0.2, -0.15) is 0 Å². The summed E-state index contributed by atoms with van der Waals surface area (Å²) in [4.78, 5) is 2.18. The van der Waals surface area contributed by atoms with Crippen molar-refractivity contribution in [2.75, 3.05) is 40.5 Å². The average molecular weight is 420 g/mol. The summed E-state index contributed by atoms with van der Waals surface area (Å²) >= 11 is 0. The predicted molar refractivity (Wildman–Crippen MR) is 124 cm³/mol. The van der Waals surface area contributed by atoms with Crippen LogP contribution >= 0.6 is 8.60 Å². The lowest BCUT2D eigenvalue weighted by Crippen LogP contribution is -2.14. The van der Waals surface area contributed by atoms with E-state index in [1.807, 2.05) is 0 Å². The molecule has 170 valence electrons. The molecular weight excluding hydrogens is 369 g/mol. The van der Waals surface area contributed by atoms with Crippen LogP contribution in [0.2, 0.25) is 0 Å². The van der Waals surface area contributed by atoms with Crippen molar-refractivity contribution in [1.82, 2.24) is 4.90 Å². The number of hydrogen-bond donors (Lipinski definition) is 0. The fraction of sp³-hybridized carbons (Fsp3) is 1.00. The molecule has 0 saturated heterocycles. The zero-order valence-corrected chi connectivity index (χ0v) is 20.4. The van der Waals surface area contributed by atoms with Gasteiger partial charge in [-0.1, -0.05) is 90.9 Å². The zero-order valence-electron chi connectivity index (χ0n) is 19.6. The van der Waals surface area contributed by atoms with Crippen LogP contribution in [0.3, 0.4) is 0 Å². The van der Waals surface area contributed by atoms with Gasteiger partial charge in [0, 0.05) is 0 Å². The van der Waals surface area contributed by atoms with Crippen molar-refractivity contribution in [3.05, 3.63) is 0 Å². The number of unbranched alkanes of at least 4 members (excludes halogenated alkanes) is 12. The van der Waals surface area contributed by atoms with Gasteiger partial charge in [-0.05, 0) is 39.9 Å². The van der Waals surface area contributed by atoms with Crippen LogP contribution < -0.4 is 0 Å². The first-order chi connectivity index (χ1) is 13.7. The standard InChI is InChI=1S/C23H50NO3P/c1-5-7-9-11-13-15-17-21-25-28(27-23-19-20-24(3)4)26-22-18-16-14-12-10-8-6-2/h5-23H2,1-4H3. The third-order valence-electron chi connectivity index (χ3n) is 4.84. The highest BCUT2D eigenvalue weighted by Crippen LogP contribution is 2.40. The molecule has 0 aliphatic rings. The first-order valence-electron chi connectivity index (χ1n) is 12.0. The minimum atomic E-state index is -1.17. The molecule has 0 aromatic carbocycles. The van der Waals surface area contributed by atoms with E-state index in [0.717, 1.165) is 45.6 Å². The summed E-state index contributed by atoms with van der Waals surface area (Å²) in [6, 6.07) is 0. The normalized spacial score (nSPS) is 11.8. The van der Waals surface area contributed by atoms with Gasteiger partial charge in [0.2, 0.25) is 0 Å². The van der Waals surface area contributed by atoms with Gasteiger partial charge in [-0.25, -0.2) is 0 Å². The first-order valence-corrected chi connectivity index (χ1v) is 13.1. The van der Waals surface area contributed by atoms with Crippen LogP contribution in [0.15, 0.2) is 0 Å². The Balaban J connectivity index is 3.78. The molecule has 0 aromatic rings. The minimum absolute atomic E-state index is 0.720. The molecule has 0 N–H and O–H groups in total. The second kappa shape index (κ2) is 23.5. The number of nitrogens with zero attached hydrogens (tertiary/aromatic N) is 1. The van der Waals surface area contributed by atoms with E-state index in [-0.39, 0.29) is 0 Å². The summed E-state index contributed by atoms with van der Waals surface area (Å²) < 4.78 is 17.8. The molecule has 0 atom stereocenters. The quantitative estimate of drug-likeness (QED) is 0.125. The van der Waals surface area contributed by atoms with Gasteiger partial charge >= 0.3 is 8.60 Å². The van der Waals surface area contributed by atoms with Crippen LogP contribution in [0.4, 0.5) is 0 Å². The van der Waals surface area contributed by atoms with Gasteiger partial charge in [0.05, 0.1) is 19.8 Å². The summed E-state index contributed by atoms with van der Waals surface area (Å²) in [5.41, 5.74) is 0. The van der Waals surface area contributed by atoms with Gasteiger partial charge in [0.1, 0.15) is 0 Å². The number of hydrogen-bond acceptors (Lipinski definition) is 4. The third-order valence-corrected chi connectivity index (χ3v) is 6.02. The Hall–Kier alpha value is 0.270. The summed E-state index contributed by atoms with van der Waals surface area (Å²) in [6.45, 7) is 7.83. The van der Waals surface area contributed by atoms with Crippen molar-refractivity contribution in [2.45, 2.75) is 110 Å². The molecule has 0 spiro atoms. The highest BCUT2D eigenvalue weighted by atomic mass is 31.2. The molecule has 5 heteroatoms. The Bertz CT molecular complexity index is 273. The van der Waals surface area contributed by atoms with Gasteiger partial charge < -0.3 is 18.5 Å². The van der Waals surface area contributed by atoms with Crippen LogP contribution in [0.5, 0.6) is 0 Å². The molecule has 0 rings (SSSR count). The molecule has 0 aliphatic carbocycles. The SMILES string of the molecule is CCCCCCCCCOP(OCCCCCCCCC)OCCCN(C)C. The second-order valence-electron chi connectivity index (χ2n) is 8.12. The van der Waals surface area contributed by atoms with E-state index in [1.165, 1.54) is 77.0 Å². The maximum atomic E-state index is 5.94. The zero-order chi connectivity index (χ0) is 20.7. The molecule has 0 amide bonds. The van der Waals surface area contributed by atoms with Gasteiger partial charge in [0.25, 0.3) is 0 Å². The van der Waals surface area contributed by atoms with Crippen molar-refractivity contribution >= 4 is 8.60 Å². The molecule has 0 aromatic heterocycles. The van der Waals surface area contributed by atoms with Crippen LogP contribution in [0, 0.1) is 0 Å². The van der Waals surface area contributed by atoms with E-state index in [0.29, 0.717) is 0 Å². The van der Waals surface area contributed by atoms with Crippen molar-refractivity contribution in [2.24, 2.45) is 0 Å². The van der Waals surface area contributed by atoms with E-state index in [2.05, 4.69) is 32.8 Å². The Morgan fingerprint density at radius 1 is 0.500 bits per heavy atom. The van der Waals surface area contributed by atoms with Crippen LogP contribution in [0.25, 0.3) is 0 Å². The molecule has 0 heterocycles. The molecule has 0 saturated carbocycles. The highest BCUT2D eigenvalue weighted by molar-refractivity contribution is 7.41. The van der Waals surface area contributed by atoms with E-state index in [1.54, 1.807) is 0 Å². The first kappa shape index (κ1) is 28.3. The van der Waals surface area contributed by atoms with E-state index in [9.17, 15) is 0 Å². The molecule has 0 fully saturated rings. The molecule has 0 radical (unpaired) electrons. The predicted octanol–water partition coefficient (Wildman–Crippen LogP) is 7.72. The maximum Gasteiger partial charge on any atom is 0.332 e. The minimum Gasteiger partial charge on any atom is -0.312 e. The summed E-state index contributed by atoms with van der Waals surface area (Å²) in [7, 11) is 3.02. The van der Waals surface area contributed by atoms with Crippen molar-refractivity contribution in [1.29, 1.82) is 0 Å². The Morgan fingerprint density at radius 3 is 1.25 bits per heavy atom. The van der Waals surface area contributed by atoms with Gasteiger partial charge in [0.15, 0.2) is 0 Å². The fourth-order valence-corrected chi connectivity index (χ4v) is 4.09. The monoisotopic (exact) mass is 419 g/mol. The Labute approximate surface area is 178 Å². The molecule has 0 bridgehead atoms. The molecule has 0 unspecified atom stereocenters. The third kappa shape index (κ3) is 22.6. The van der Waals surface area contributed by atoms with Gasteiger partial charge in [-0.3, -0.25) is 0 Å². The summed E-state index contributed by atoms with van der Waals surface area (Å²) in [5, 5.41) is 0. The number of rotatable bonds is 23. The lowest BCUT2D eigenvalue weighted by molar-refractivity contribution is 0.151. The summed E-state index contributed by atoms with van der Waals surface area (Å²) in [6.07, 6.45) is 19.3. The topological polar surface area (TPSA) is 30.9 Å². The van der Waals surface area contributed by atoms with E-state index >= 15 is 0 Å². The maximum absolute atomic E-state index is 5.94. The molecule has 0 aliphatic heterocycles. The van der Waals surface area contributed by atoms with E-state index in [4.69, 9.17) is 13.6 Å². The van der Waals surface area contributed by atoms with Crippen molar-refractivity contribution < 1.29 is 13.6 Å². The van der Waals surface area contributed by atoms with Gasteiger partial charge in [-0.15, -0.1) is 0 Å². The van der Waals surface area contributed by atoms with Crippen LogP contribution in [-0.4, -0.2) is 45.4 Å². The second-order valence-corrected chi connectivity index (χ2v) is 9.34. The fourth-order valence-electron chi connectivity index (χ4n) is 3.03.